The molecule has 61 heavy (non-hydrogen) atoms. The number of rotatable bonds is 14. The number of halogens is 4. The molecule has 1 aromatic heterocycles. The minimum absolute atomic E-state index is 0.0471. The van der Waals surface area contributed by atoms with Gasteiger partial charge in [-0.25, -0.2) is 23.5 Å². The molecule has 0 amide bonds. The first-order chi connectivity index (χ1) is 29.4. The molecule has 1 N–H and O–H groups in total. The Kier molecular flexibility index (Phi) is 12.8. The molecule has 0 saturated carbocycles. The number of methoxy groups -OCH3 is 1. The van der Waals surface area contributed by atoms with Gasteiger partial charge in [0.25, 0.3) is 0 Å². The molecule has 15 heteroatoms. The van der Waals surface area contributed by atoms with Crippen LogP contribution < -0.4 is 9.47 Å². The normalized spacial score (nSPS) is 17.6. The molecule has 1 aliphatic rings. The number of aromatic nitrogens is 2. The zero-order valence-electron chi connectivity index (χ0n) is 32.5. The van der Waals surface area contributed by atoms with Crippen molar-refractivity contribution in [2.24, 2.45) is 0 Å². The third kappa shape index (κ3) is 10.1. The van der Waals surface area contributed by atoms with E-state index in [0.717, 1.165) is 4.68 Å². The van der Waals surface area contributed by atoms with Crippen molar-refractivity contribution in [3.63, 3.8) is 0 Å². The van der Waals surface area contributed by atoms with Gasteiger partial charge in [0.15, 0.2) is 11.9 Å². The Morgan fingerprint density at radius 3 is 2.10 bits per heavy atom. The highest BCUT2D eigenvalue weighted by molar-refractivity contribution is 5.90. The third-order valence-electron chi connectivity index (χ3n) is 9.91. The van der Waals surface area contributed by atoms with Crippen molar-refractivity contribution in [1.82, 2.24) is 9.78 Å². The molecular weight excluding hydrogens is 801 g/mol. The van der Waals surface area contributed by atoms with Gasteiger partial charge in [-0.1, -0.05) is 84.9 Å². The fourth-order valence-corrected chi connectivity index (χ4v) is 6.91. The second-order valence-corrected chi connectivity index (χ2v) is 14.0. The summed E-state index contributed by atoms with van der Waals surface area (Å²) in [5, 5.41) is 13.7. The largest absolute Gasteiger partial charge is 0.497 e. The van der Waals surface area contributed by atoms with Crippen LogP contribution in [0.25, 0.3) is 11.1 Å². The Morgan fingerprint density at radius 2 is 1.46 bits per heavy atom. The van der Waals surface area contributed by atoms with Crippen LogP contribution >= 0.6 is 0 Å². The van der Waals surface area contributed by atoms with Crippen LogP contribution in [0.2, 0.25) is 0 Å². The third-order valence-corrected chi connectivity index (χ3v) is 9.91. The summed E-state index contributed by atoms with van der Waals surface area (Å²) in [6.07, 6.45) is -12.7. The SMILES string of the molecule is COc1ccc(Cc2c(C(F)(F)F)nn(Cc3ccccc3)c2OC2C[C@@H](OC(=O)c3ccccc3)[C@H](F)[C@@H](COC(=O)c3ccccc3)O2)c(-c2cccc(C(=O)O)c2)c1. The number of nitrogens with zero attached hydrogens (tertiary/aromatic N) is 2. The number of carbonyl (C=O) groups is 3. The summed E-state index contributed by atoms with van der Waals surface area (Å²) >= 11 is 0. The van der Waals surface area contributed by atoms with Crippen LogP contribution in [0, 0.1) is 0 Å². The molecule has 0 bridgehead atoms. The number of benzene rings is 5. The zero-order valence-corrected chi connectivity index (χ0v) is 32.5. The lowest BCUT2D eigenvalue weighted by Crippen LogP contribution is -2.51. The molecule has 0 radical (unpaired) electrons. The molecule has 6 aromatic rings. The number of hydrogen-bond donors (Lipinski definition) is 1. The fraction of sp³-hybridized carbons (Fsp3) is 0.217. The molecule has 1 saturated heterocycles. The fourth-order valence-electron chi connectivity index (χ4n) is 6.91. The monoisotopic (exact) mass is 838 g/mol. The van der Waals surface area contributed by atoms with Crippen molar-refractivity contribution in [2.45, 2.75) is 50.2 Å². The van der Waals surface area contributed by atoms with Crippen molar-refractivity contribution < 1.29 is 60.7 Å². The lowest BCUT2D eigenvalue weighted by molar-refractivity contribution is -0.216. The maximum Gasteiger partial charge on any atom is 0.435 e. The predicted molar refractivity (Wildman–Crippen MR) is 212 cm³/mol. The number of carboxylic acids is 1. The second kappa shape index (κ2) is 18.5. The second-order valence-electron chi connectivity index (χ2n) is 14.0. The first-order valence-electron chi connectivity index (χ1n) is 19.0. The van der Waals surface area contributed by atoms with E-state index in [4.69, 9.17) is 23.7 Å². The standard InChI is InChI=1S/C46H38F4N2O9/c1-57-34-21-20-32(35(24-34)31-18-11-19-33(22-31)43(53)54)23-36-41(46(48,49)50)51-52(26-28-12-5-2-6-13-28)42(36)61-39-25-37(60-45(56)30-16-9-4-10-17-30)40(47)38(59-39)27-58-44(55)29-14-7-3-8-15-29/h2-22,24,37-40H,23,25-27H2,1H3,(H,53,54)/t37-,38-,39?,40+/m1/s1. The van der Waals surface area contributed by atoms with E-state index in [1.807, 2.05) is 0 Å². The van der Waals surface area contributed by atoms with Gasteiger partial charge in [0.05, 0.1) is 42.3 Å². The lowest BCUT2D eigenvalue weighted by Gasteiger charge is -2.37. The number of alkyl halides is 4. The summed E-state index contributed by atoms with van der Waals surface area (Å²) in [5.74, 6) is -2.89. The Labute approximate surface area is 347 Å². The van der Waals surface area contributed by atoms with Crippen LogP contribution in [-0.4, -0.2) is 71.2 Å². The molecule has 4 atom stereocenters. The van der Waals surface area contributed by atoms with E-state index in [2.05, 4.69) is 5.10 Å². The number of aromatic carboxylic acids is 1. The van der Waals surface area contributed by atoms with Gasteiger partial charge >= 0.3 is 24.1 Å². The summed E-state index contributed by atoms with van der Waals surface area (Å²) in [4.78, 5) is 38.0. The zero-order chi connectivity index (χ0) is 43.1. The number of carbonyl (C=O) groups excluding carboxylic acids is 2. The lowest BCUT2D eigenvalue weighted by atomic mass is 9.93. The van der Waals surface area contributed by atoms with E-state index in [0.29, 0.717) is 28.0 Å². The van der Waals surface area contributed by atoms with Crippen molar-refractivity contribution in [2.75, 3.05) is 13.7 Å². The average molecular weight is 839 g/mol. The molecule has 1 unspecified atom stereocenters. The first kappa shape index (κ1) is 42.1. The van der Waals surface area contributed by atoms with Crippen LogP contribution in [0.4, 0.5) is 17.6 Å². The molecule has 11 nitrogen and oxygen atoms in total. The number of carboxylic acid groups (broad SMARTS) is 1. The van der Waals surface area contributed by atoms with Gasteiger partial charge in [-0.3, -0.25) is 0 Å². The van der Waals surface area contributed by atoms with Gasteiger partial charge in [0.2, 0.25) is 12.2 Å². The van der Waals surface area contributed by atoms with E-state index in [1.165, 1.54) is 49.6 Å². The van der Waals surface area contributed by atoms with Crippen LogP contribution in [0.1, 0.15) is 59.9 Å². The van der Waals surface area contributed by atoms with Crippen LogP contribution in [0.5, 0.6) is 11.6 Å². The molecule has 0 spiro atoms. The molecule has 2 heterocycles. The molecule has 0 aliphatic carbocycles. The molecule has 5 aromatic carbocycles. The minimum Gasteiger partial charge on any atom is -0.497 e. The van der Waals surface area contributed by atoms with Gasteiger partial charge < -0.3 is 28.8 Å². The van der Waals surface area contributed by atoms with Crippen LogP contribution in [0.3, 0.4) is 0 Å². The summed E-state index contributed by atoms with van der Waals surface area (Å²) in [7, 11) is 1.42. The Balaban J connectivity index is 1.30. The van der Waals surface area contributed by atoms with Gasteiger partial charge in [-0.15, -0.1) is 0 Å². The highest BCUT2D eigenvalue weighted by atomic mass is 19.4. The minimum atomic E-state index is -5.01. The van der Waals surface area contributed by atoms with Gasteiger partial charge in [0.1, 0.15) is 24.6 Å². The molecular formula is C46H38F4N2O9. The molecule has 1 fully saturated rings. The summed E-state index contributed by atoms with van der Waals surface area (Å²) < 4.78 is 91.6. The van der Waals surface area contributed by atoms with Gasteiger partial charge in [-0.05, 0) is 70.8 Å². The number of hydrogen-bond acceptors (Lipinski definition) is 9. The highest BCUT2D eigenvalue weighted by Gasteiger charge is 2.45. The average Bonchev–Trinajstić information content (AvgIpc) is 3.61. The maximum atomic E-state index is 16.3. The van der Waals surface area contributed by atoms with Gasteiger partial charge in [-0.2, -0.15) is 18.3 Å². The van der Waals surface area contributed by atoms with Crippen molar-refractivity contribution >= 4 is 17.9 Å². The smallest absolute Gasteiger partial charge is 0.435 e. The topological polar surface area (TPSA) is 135 Å². The van der Waals surface area contributed by atoms with E-state index in [-0.39, 0.29) is 29.1 Å². The first-order valence-corrected chi connectivity index (χ1v) is 19.0. The summed E-state index contributed by atoms with van der Waals surface area (Å²) in [6, 6.07) is 34.9. The number of esters is 2. The van der Waals surface area contributed by atoms with Crippen LogP contribution in [-0.2, 0) is 33.4 Å². The Hall–Kier alpha value is -7.00. The van der Waals surface area contributed by atoms with Gasteiger partial charge in [0, 0.05) is 6.42 Å². The quantitative estimate of drug-likeness (QED) is 0.0838. The van der Waals surface area contributed by atoms with Crippen molar-refractivity contribution in [1.29, 1.82) is 0 Å². The molecule has 1 aliphatic heterocycles. The Morgan fingerprint density at radius 1 is 0.820 bits per heavy atom. The van der Waals surface area contributed by atoms with E-state index in [9.17, 15) is 19.5 Å². The summed E-state index contributed by atoms with van der Waals surface area (Å²) in [5.41, 5.74) is 0.212. The predicted octanol–water partition coefficient (Wildman–Crippen LogP) is 8.83. The molecule has 314 valence electrons. The molecule has 7 rings (SSSR count). The van der Waals surface area contributed by atoms with Crippen LogP contribution in [0.15, 0.2) is 133 Å². The highest BCUT2D eigenvalue weighted by Crippen LogP contribution is 2.41. The van der Waals surface area contributed by atoms with E-state index >= 15 is 17.6 Å². The van der Waals surface area contributed by atoms with E-state index in [1.54, 1.807) is 91.0 Å². The Bertz CT molecular complexity index is 2480. The van der Waals surface area contributed by atoms with E-state index < -0.39 is 79.5 Å². The number of ether oxygens (including phenoxy) is 5. The van der Waals surface area contributed by atoms with Crippen molar-refractivity contribution in [3.05, 3.63) is 173 Å². The van der Waals surface area contributed by atoms with Crippen molar-refractivity contribution in [3.8, 4) is 22.8 Å². The maximum absolute atomic E-state index is 16.3. The summed E-state index contributed by atoms with van der Waals surface area (Å²) in [6.45, 7) is -0.860.